The van der Waals surface area contributed by atoms with Crippen LogP contribution in [0.5, 0.6) is 0 Å². The average molecular weight is 296 g/mol. The fourth-order valence-corrected chi connectivity index (χ4v) is 2.29. The van der Waals surface area contributed by atoms with Crippen LogP contribution in [-0.2, 0) is 11.0 Å². The van der Waals surface area contributed by atoms with E-state index >= 15 is 0 Å². The normalized spacial score (nSPS) is 17.7. The molecule has 0 fully saturated rings. The molecule has 0 saturated heterocycles. The number of halogens is 3. The van der Waals surface area contributed by atoms with Gasteiger partial charge in [-0.15, -0.1) is 0 Å². The van der Waals surface area contributed by atoms with Crippen LogP contribution in [0.3, 0.4) is 0 Å². The molecule has 1 aromatic heterocycles. The summed E-state index contributed by atoms with van der Waals surface area (Å²) >= 11 is 0. The predicted octanol–water partition coefficient (Wildman–Crippen LogP) is 2.10. The third kappa shape index (κ3) is 2.27. The largest absolute Gasteiger partial charge is 0.419 e. The van der Waals surface area contributed by atoms with E-state index in [0.717, 1.165) is 22.6 Å². The Bertz CT molecular complexity index is 708. The number of alkyl halides is 3. The molecule has 2 N–H and O–H groups in total. The number of carbonyl (C=O) groups excluding carboxylic acids is 1. The molecule has 1 unspecified atom stereocenters. The van der Waals surface area contributed by atoms with Crippen LogP contribution in [0.1, 0.15) is 17.2 Å². The molecule has 0 bridgehead atoms. The van der Waals surface area contributed by atoms with Gasteiger partial charge in [0, 0.05) is 17.4 Å². The van der Waals surface area contributed by atoms with Gasteiger partial charge in [-0.05, 0) is 19.2 Å². The molecule has 1 atom stereocenters. The number of hydrogen-bond donors (Lipinski definition) is 2. The Kier molecular flexibility index (Phi) is 2.98. The van der Waals surface area contributed by atoms with E-state index in [0.29, 0.717) is 11.4 Å². The number of nitrogens with zero attached hydrogens (tertiary/aromatic N) is 2. The van der Waals surface area contributed by atoms with Crippen LogP contribution in [-0.4, -0.2) is 22.7 Å². The van der Waals surface area contributed by atoms with Crippen LogP contribution < -0.4 is 10.6 Å². The molecule has 2 aromatic rings. The molecule has 21 heavy (non-hydrogen) atoms. The van der Waals surface area contributed by atoms with Crippen molar-refractivity contribution in [3.63, 3.8) is 0 Å². The summed E-state index contributed by atoms with van der Waals surface area (Å²) in [6.45, 7) is 0. The highest BCUT2D eigenvalue weighted by Gasteiger charge is 2.33. The first-order valence-corrected chi connectivity index (χ1v) is 6.14. The lowest BCUT2D eigenvalue weighted by molar-refractivity contribution is -0.137. The van der Waals surface area contributed by atoms with Gasteiger partial charge in [-0.2, -0.15) is 18.3 Å². The highest BCUT2D eigenvalue weighted by Crippen LogP contribution is 2.33. The molecule has 0 spiro atoms. The number of hydrogen-bond acceptors (Lipinski definition) is 3. The van der Waals surface area contributed by atoms with Crippen molar-refractivity contribution < 1.29 is 18.0 Å². The fourth-order valence-electron chi connectivity index (χ4n) is 2.29. The van der Waals surface area contributed by atoms with Crippen molar-refractivity contribution in [3.8, 4) is 5.69 Å². The molecule has 110 valence electrons. The molecule has 3 rings (SSSR count). The van der Waals surface area contributed by atoms with Crippen LogP contribution in [0.15, 0.2) is 30.6 Å². The van der Waals surface area contributed by atoms with E-state index < -0.39 is 17.8 Å². The Labute approximate surface area is 117 Å². The standard InChI is InChI=1S/C13H11F3N4O/c1-17-11-9-3-2-8(4-10(9)19-12(11)21)20-6-7(5-18-20)13(14,15)16/h2-6,11,17H,1H3,(H,19,21). The van der Waals surface area contributed by atoms with E-state index in [9.17, 15) is 18.0 Å². The van der Waals surface area contributed by atoms with E-state index in [4.69, 9.17) is 0 Å². The molecule has 0 saturated carbocycles. The zero-order valence-corrected chi connectivity index (χ0v) is 10.9. The second-order valence-corrected chi connectivity index (χ2v) is 4.65. The minimum Gasteiger partial charge on any atom is -0.324 e. The van der Waals surface area contributed by atoms with Gasteiger partial charge in [0.25, 0.3) is 0 Å². The van der Waals surface area contributed by atoms with E-state index in [1.165, 1.54) is 0 Å². The smallest absolute Gasteiger partial charge is 0.324 e. The summed E-state index contributed by atoms with van der Waals surface area (Å²) in [6.07, 6.45) is -2.75. The van der Waals surface area contributed by atoms with Crippen LogP contribution in [0.25, 0.3) is 5.69 Å². The Morgan fingerprint density at radius 1 is 1.38 bits per heavy atom. The lowest BCUT2D eigenvalue weighted by Crippen LogP contribution is -2.23. The van der Waals surface area contributed by atoms with E-state index in [-0.39, 0.29) is 5.91 Å². The summed E-state index contributed by atoms with van der Waals surface area (Å²) in [5, 5.41) is 9.26. The van der Waals surface area contributed by atoms with Crippen molar-refractivity contribution >= 4 is 11.6 Å². The van der Waals surface area contributed by atoms with Gasteiger partial charge in [0.05, 0.1) is 17.4 Å². The van der Waals surface area contributed by atoms with Gasteiger partial charge in [0.2, 0.25) is 5.91 Å². The summed E-state index contributed by atoms with van der Waals surface area (Å²) < 4.78 is 38.8. The minimum atomic E-state index is -4.43. The molecule has 1 aromatic carbocycles. The monoisotopic (exact) mass is 296 g/mol. The Morgan fingerprint density at radius 3 is 2.76 bits per heavy atom. The van der Waals surface area contributed by atoms with Crippen LogP contribution in [0.2, 0.25) is 0 Å². The number of benzene rings is 1. The first-order valence-electron chi connectivity index (χ1n) is 6.14. The SMILES string of the molecule is CNC1C(=O)Nc2cc(-n3cc(C(F)(F)F)cn3)ccc21. The van der Waals surface area contributed by atoms with Gasteiger partial charge in [0.1, 0.15) is 6.04 Å². The Hall–Kier alpha value is -2.35. The topological polar surface area (TPSA) is 59.0 Å². The highest BCUT2D eigenvalue weighted by molar-refractivity contribution is 6.02. The summed E-state index contributed by atoms with van der Waals surface area (Å²) in [6, 6.07) is 4.46. The second-order valence-electron chi connectivity index (χ2n) is 4.65. The van der Waals surface area contributed by atoms with Gasteiger partial charge in [-0.25, -0.2) is 4.68 Å². The number of anilines is 1. The third-order valence-corrected chi connectivity index (χ3v) is 3.33. The summed E-state index contributed by atoms with van der Waals surface area (Å²) in [5.74, 6) is -0.193. The van der Waals surface area contributed by atoms with E-state index in [1.54, 1.807) is 25.2 Å². The molecule has 1 aliphatic rings. The van der Waals surface area contributed by atoms with Crippen molar-refractivity contribution in [2.75, 3.05) is 12.4 Å². The Morgan fingerprint density at radius 2 is 2.14 bits per heavy atom. The molecular formula is C13H11F3N4O. The van der Waals surface area contributed by atoms with E-state index in [1.807, 2.05) is 0 Å². The molecule has 5 nitrogen and oxygen atoms in total. The molecule has 1 aliphatic heterocycles. The maximum atomic E-state index is 12.6. The van der Waals surface area contributed by atoms with Gasteiger partial charge >= 0.3 is 6.18 Å². The van der Waals surface area contributed by atoms with Crippen molar-refractivity contribution in [2.24, 2.45) is 0 Å². The average Bonchev–Trinajstić information content (AvgIpc) is 3.00. The van der Waals surface area contributed by atoms with Crippen molar-refractivity contribution in [1.29, 1.82) is 0 Å². The maximum absolute atomic E-state index is 12.6. The second kappa shape index (κ2) is 4.59. The van der Waals surface area contributed by atoms with Crippen molar-refractivity contribution in [1.82, 2.24) is 15.1 Å². The number of rotatable bonds is 2. The lowest BCUT2D eigenvalue weighted by Gasteiger charge is -2.07. The van der Waals surface area contributed by atoms with E-state index in [2.05, 4.69) is 15.7 Å². The Balaban J connectivity index is 1.97. The number of carbonyl (C=O) groups is 1. The quantitative estimate of drug-likeness (QED) is 0.892. The number of fused-ring (bicyclic) bond motifs is 1. The predicted molar refractivity (Wildman–Crippen MR) is 69.0 cm³/mol. The number of amides is 1. The van der Waals surface area contributed by atoms with Gasteiger partial charge < -0.3 is 10.6 Å². The first kappa shape index (κ1) is 13.6. The molecule has 0 radical (unpaired) electrons. The highest BCUT2D eigenvalue weighted by atomic mass is 19.4. The number of aromatic nitrogens is 2. The van der Waals surface area contributed by atoms with Crippen LogP contribution in [0, 0.1) is 0 Å². The maximum Gasteiger partial charge on any atom is 0.419 e. The molecule has 0 aliphatic carbocycles. The van der Waals surface area contributed by atoms with Crippen molar-refractivity contribution in [2.45, 2.75) is 12.2 Å². The lowest BCUT2D eigenvalue weighted by atomic mass is 10.1. The van der Waals surface area contributed by atoms with Crippen LogP contribution >= 0.6 is 0 Å². The molecule has 2 heterocycles. The first-order chi connectivity index (χ1) is 9.90. The van der Waals surface area contributed by atoms with Crippen molar-refractivity contribution in [3.05, 3.63) is 41.7 Å². The van der Waals surface area contributed by atoms with Crippen LogP contribution in [0.4, 0.5) is 18.9 Å². The number of nitrogens with one attached hydrogen (secondary N) is 2. The summed E-state index contributed by atoms with van der Waals surface area (Å²) in [5.41, 5.74) is 0.955. The fraction of sp³-hybridized carbons (Fsp3) is 0.231. The number of likely N-dealkylation sites (N-methyl/N-ethyl adjacent to an activating group) is 1. The molecule has 1 amide bonds. The van der Waals surface area contributed by atoms with Gasteiger partial charge in [0.15, 0.2) is 0 Å². The zero-order valence-electron chi connectivity index (χ0n) is 10.9. The summed E-state index contributed by atoms with van der Waals surface area (Å²) in [7, 11) is 1.66. The summed E-state index contributed by atoms with van der Waals surface area (Å²) in [4.78, 5) is 11.7. The third-order valence-electron chi connectivity index (χ3n) is 3.33. The molecular weight excluding hydrogens is 285 g/mol. The van der Waals surface area contributed by atoms with Gasteiger partial charge in [-0.3, -0.25) is 4.79 Å². The molecule has 8 heteroatoms. The zero-order chi connectivity index (χ0) is 15.2. The van der Waals surface area contributed by atoms with Gasteiger partial charge in [-0.1, -0.05) is 6.07 Å². The minimum absolute atomic E-state index is 0.193.